The molecule has 1 saturated carbocycles. The lowest BCUT2D eigenvalue weighted by molar-refractivity contribution is -0.138. The summed E-state index contributed by atoms with van der Waals surface area (Å²) in [7, 11) is 1.73. The van der Waals surface area contributed by atoms with Gasteiger partial charge in [0.2, 0.25) is 5.92 Å². The van der Waals surface area contributed by atoms with E-state index in [1.165, 1.54) is 17.3 Å². The molecule has 184 valence electrons. The Labute approximate surface area is 197 Å². The molecule has 5 rings (SSSR count). The largest absolute Gasteiger partial charge is 0.416 e. The lowest BCUT2D eigenvalue weighted by Crippen LogP contribution is -2.51. The number of halogens is 5. The number of aryl methyl sites for hydroxylation is 1. The molecule has 0 radical (unpaired) electrons. The molecule has 11 heteroatoms. The summed E-state index contributed by atoms with van der Waals surface area (Å²) in [4.78, 5) is 14.4. The summed E-state index contributed by atoms with van der Waals surface area (Å²) < 4.78 is 71.0. The number of rotatable bonds is 5. The molecular weight excluding hydrogens is 469 g/mol. The lowest BCUT2D eigenvalue weighted by Gasteiger charge is -2.48. The molecule has 0 unspecified atom stereocenters. The molecule has 2 aromatic carbocycles. The molecule has 0 atom stereocenters. The van der Waals surface area contributed by atoms with Gasteiger partial charge in [-0.15, -0.1) is 10.2 Å². The van der Waals surface area contributed by atoms with Gasteiger partial charge in [0.1, 0.15) is 12.2 Å². The standard InChI is InChI=1S/C24H22F5N5O/c1-33-13-31-32-20(33)8-22(11-23(25,26)12-22)15-3-2-4-16(7-15)34-10-18-17(21(34)35)5-14(9-30)6-19(18)24(27,28)29/h2-7,13H,8-12,30H2,1H3. The average molecular weight is 491 g/mol. The van der Waals surface area contributed by atoms with Gasteiger partial charge in [0.25, 0.3) is 5.91 Å². The van der Waals surface area contributed by atoms with E-state index in [0.717, 1.165) is 6.07 Å². The number of fused-ring (bicyclic) bond motifs is 1. The first-order chi connectivity index (χ1) is 16.4. The summed E-state index contributed by atoms with van der Waals surface area (Å²) >= 11 is 0. The van der Waals surface area contributed by atoms with E-state index in [2.05, 4.69) is 10.2 Å². The van der Waals surface area contributed by atoms with E-state index in [9.17, 15) is 26.7 Å². The van der Waals surface area contributed by atoms with Gasteiger partial charge < -0.3 is 15.2 Å². The van der Waals surface area contributed by atoms with Crippen molar-refractivity contribution in [3.8, 4) is 0 Å². The summed E-state index contributed by atoms with van der Waals surface area (Å²) in [5, 5.41) is 7.85. The fraction of sp³-hybridized carbons (Fsp3) is 0.375. The van der Waals surface area contributed by atoms with Crippen LogP contribution in [0.25, 0.3) is 0 Å². The van der Waals surface area contributed by atoms with Crippen molar-refractivity contribution in [3.63, 3.8) is 0 Å². The van der Waals surface area contributed by atoms with Gasteiger partial charge >= 0.3 is 6.18 Å². The second-order valence-electron chi connectivity index (χ2n) is 9.34. The van der Waals surface area contributed by atoms with Crippen LogP contribution in [0, 0.1) is 0 Å². The topological polar surface area (TPSA) is 77.0 Å². The second-order valence-corrected chi connectivity index (χ2v) is 9.34. The first-order valence-corrected chi connectivity index (χ1v) is 11.0. The number of anilines is 1. The summed E-state index contributed by atoms with van der Waals surface area (Å²) in [6.45, 7) is -0.415. The van der Waals surface area contributed by atoms with Crippen LogP contribution in [0.4, 0.5) is 27.6 Å². The minimum atomic E-state index is -4.65. The highest BCUT2D eigenvalue weighted by molar-refractivity contribution is 6.10. The van der Waals surface area contributed by atoms with Crippen molar-refractivity contribution >= 4 is 11.6 Å². The molecule has 35 heavy (non-hydrogen) atoms. The van der Waals surface area contributed by atoms with Gasteiger partial charge in [-0.3, -0.25) is 4.79 Å². The normalized spacial score (nSPS) is 18.5. The maximum atomic E-state index is 14.1. The van der Waals surface area contributed by atoms with Gasteiger partial charge in [-0.25, -0.2) is 8.78 Å². The number of nitrogens with zero attached hydrogens (tertiary/aromatic N) is 4. The van der Waals surface area contributed by atoms with E-state index < -0.39 is 41.8 Å². The van der Waals surface area contributed by atoms with E-state index in [0.29, 0.717) is 17.1 Å². The van der Waals surface area contributed by atoms with E-state index in [-0.39, 0.29) is 36.2 Å². The molecule has 3 aromatic rings. The summed E-state index contributed by atoms with van der Waals surface area (Å²) in [5.74, 6) is -2.88. The number of amides is 1. The first-order valence-electron chi connectivity index (χ1n) is 11.0. The zero-order valence-electron chi connectivity index (χ0n) is 18.7. The van der Waals surface area contributed by atoms with Crippen LogP contribution >= 0.6 is 0 Å². The van der Waals surface area contributed by atoms with Crippen molar-refractivity contribution in [1.29, 1.82) is 0 Å². The average Bonchev–Trinajstić information content (AvgIpc) is 3.33. The first kappa shape index (κ1) is 23.4. The number of carbonyl (C=O) groups is 1. The molecule has 1 aliphatic carbocycles. The van der Waals surface area contributed by atoms with Crippen molar-refractivity contribution in [2.24, 2.45) is 12.8 Å². The number of aromatic nitrogens is 3. The summed E-state index contributed by atoms with van der Waals surface area (Å²) in [6, 6.07) is 8.91. The van der Waals surface area contributed by atoms with Crippen LogP contribution < -0.4 is 10.6 Å². The van der Waals surface area contributed by atoms with E-state index in [1.807, 2.05) is 0 Å². The number of alkyl halides is 5. The Bertz CT molecular complexity index is 1310. The van der Waals surface area contributed by atoms with Gasteiger partial charge in [-0.2, -0.15) is 13.2 Å². The van der Waals surface area contributed by atoms with Crippen LogP contribution in [-0.2, 0) is 38.1 Å². The molecule has 2 N–H and O–H groups in total. The Morgan fingerprint density at radius 2 is 1.89 bits per heavy atom. The number of nitrogens with two attached hydrogens (primary N) is 1. The molecule has 6 nitrogen and oxygen atoms in total. The quantitative estimate of drug-likeness (QED) is 0.538. The monoisotopic (exact) mass is 491 g/mol. The van der Waals surface area contributed by atoms with Gasteiger partial charge in [-0.05, 0) is 41.0 Å². The third-order valence-corrected chi connectivity index (χ3v) is 6.91. The Morgan fingerprint density at radius 3 is 2.49 bits per heavy atom. The SMILES string of the molecule is Cn1cnnc1CC1(c2cccc(N3Cc4c(cc(CN)cc4C(F)(F)F)C3=O)c2)CC(F)(F)C1. The van der Waals surface area contributed by atoms with Gasteiger partial charge in [0, 0.05) is 49.5 Å². The van der Waals surface area contributed by atoms with Crippen LogP contribution in [0.1, 0.15) is 51.3 Å². The Balaban J connectivity index is 1.52. The van der Waals surface area contributed by atoms with Crippen LogP contribution in [-0.4, -0.2) is 26.6 Å². The van der Waals surface area contributed by atoms with Crippen molar-refractivity contribution in [1.82, 2.24) is 14.8 Å². The van der Waals surface area contributed by atoms with Gasteiger partial charge in [0.15, 0.2) is 0 Å². The smallest absolute Gasteiger partial charge is 0.326 e. The second kappa shape index (κ2) is 7.84. The molecule has 0 saturated heterocycles. The molecule has 1 aliphatic heterocycles. The number of benzene rings is 2. The highest BCUT2D eigenvalue weighted by atomic mass is 19.4. The Hall–Kier alpha value is -3.34. The predicted molar refractivity (Wildman–Crippen MR) is 117 cm³/mol. The van der Waals surface area contributed by atoms with Gasteiger partial charge in [0.05, 0.1) is 12.1 Å². The minimum absolute atomic E-state index is 0.0466. The maximum Gasteiger partial charge on any atom is 0.416 e. The van der Waals surface area contributed by atoms with Crippen molar-refractivity contribution in [2.45, 2.75) is 49.9 Å². The number of carbonyl (C=O) groups excluding carboxylic acids is 1. The van der Waals surface area contributed by atoms with Crippen molar-refractivity contribution in [3.05, 3.63) is 76.4 Å². The highest BCUT2D eigenvalue weighted by Gasteiger charge is 2.57. The summed E-state index contributed by atoms with van der Waals surface area (Å²) in [5.41, 5.74) is 4.71. The fourth-order valence-corrected chi connectivity index (χ4v) is 5.19. The predicted octanol–water partition coefficient (Wildman–Crippen LogP) is 4.36. The molecule has 1 aromatic heterocycles. The summed E-state index contributed by atoms with van der Waals surface area (Å²) in [6.07, 6.45) is -3.74. The van der Waals surface area contributed by atoms with Crippen LogP contribution in [0.3, 0.4) is 0 Å². The highest BCUT2D eigenvalue weighted by Crippen LogP contribution is 2.55. The third kappa shape index (κ3) is 3.97. The third-order valence-electron chi connectivity index (χ3n) is 6.91. The zero-order valence-corrected chi connectivity index (χ0v) is 18.7. The van der Waals surface area contributed by atoms with E-state index in [4.69, 9.17) is 5.73 Å². The van der Waals surface area contributed by atoms with Crippen molar-refractivity contribution < 1.29 is 26.7 Å². The molecule has 0 spiro atoms. The van der Waals surface area contributed by atoms with Crippen LogP contribution in [0.2, 0.25) is 0 Å². The molecule has 1 fully saturated rings. The Morgan fingerprint density at radius 1 is 1.14 bits per heavy atom. The van der Waals surface area contributed by atoms with Crippen LogP contribution in [0.15, 0.2) is 42.7 Å². The molecule has 0 bridgehead atoms. The van der Waals surface area contributed by atoms with Gasteiger partial charge in [-0.1, -0.05) is 12.1 Å². The molecule has 2 heterocycles. The minimum Gasteiger partial charge on any atom is -0.326 e. The Kier molecular flexibility index (Phi) is 5.24. The molecular formula is C24H22F5N5O. The van der Waals surface area contributed by atoms with Crippen molar-refractivity contribution in [2.75, 3.05) is 4.90 Å². The maximum absolute atomic E-state index is 14.1. The zero-order chi connectivity index (χ0) is 25.2. The lowest BCUT2D eigenvalue weighted by atomic mass is 9.60. The molecule has 1 amide bonds. The number of hydrogen-bond donors (Lipinski definition) is 1. The number of hydrogen-bond acceptors (Lipinski definition) is 4. The van der Waals surface area contributed by atoms with E-state index >= 15 is 0 Å². The molecule has 2 aliphatic rings. The van der Waals surface area contributed by atoms with Crippen LogP contribution in [0.5, 0.6) is 0 Å². The fourth-order valence-electron chi connectivity index (χ4n) is 5.19. The van der Waals surface area contributed by atoms with E-state index in [1.54, 1.807) is 35.9 Å².